The first kappa shape index (κ1) is 24.4. The van der Waals surface area contributed by atoms with Gasteiger partial charge in [0.25, 0.3) is 5.91 Å². The van der Waals surface area contributed by atoms with Crippen molar-refractivity contribution < 1.29 is 9.90 Å². The van der Waals surface area contributed by atoms with Crippen LogP contribution in [0.3, 0.4) is 0 Å². The van der Waals surface area contributed by atoms with Crippen molar-refractivity contribution in [3.8, 4) is 0 Å². The predicted octanol–water partition coefficient (Wildman–Crippen LogP) is 4.61. The molecule has 2 N–H and O–H groups in total. The van der Waals surface area contributed by atoms with Crippen molar-refractivity contribution in [1.29, 1.82) is 0 Å². The van der Waals surface area contributed by atoms with E-state index in [1.54, 1.807) is 11.0 Å². The number of nitrogens with one attached hydrogen (secondary N) is 1. The van der Waals surface area contributed by atoms with Crippen LogP contribution >= 0.6 is 0 Å². The molecule has 8 heteroatoms. The van der Waals surface area contributed by atoms with Crippen molar-refractivity contribution in [3.63, 3.8) is 0 Å². The van der Waals surface area contributed by atoms with Gasteiger partial charge in [0.15, 0.2) is 5.60 Å². The minimum absolute atomic E-state index is 0.263. The summed E-state index contributed by atoms with van der Waals surface area (Å²) in [5.41, 5.74) is 3.42. The largest absolute Gasteiger partial charge is 0.374 e. The Hall–Kier alpha value is -4.30. The molecule has 8 nitrogen and oxygen atoms in total. The molecule has 0 spiro atoms. The topological polar surface area (TPSA) is 97.3 Å². The van der Waals surface area contributed by atoms with Gasteiger partial charge >= 0.3 is 0 Å². The van der Waals surface area contributed by atoms with Crippen molar-refractivity contribution in [2.45, 2.75) is 45.8 Å². The fraction of sp³-hybridized carbons (Fsp3) is 0.241. The number of benzene rings is 2. The zero-order chi connectivity index (χ0) is 26.0. The van der Waals surface area contributed by atoms with E-state index in [4.69, 9.17) is 4.98 Å². The molecule has 0 aliphatic heterocycles. The maximum atomic E-state index is 13.3. The number of hydrogen-bond donors (Lipinski definition) is 2. The Labute approximate surface area is 215 Å². The van der Waals surface area contributed by atoms with E-state index in [1.165, 1.54) is 0 Å². The highest BCUT2D eigenvalue weighted by Gasteiger charge is 2.38. The van der Waals surface area contributed by atoms with Gasteiger partial charge in [0.05, 0.1) is 5.56 Å². The highest BCUT2D eigenvalue weighted by Crippen LogP contribution is 2.38. The number of fused-ring (bicyclic) bond motifs is 1. The van der Waals surface area contributed by atoms with Gasteiger partial charge < -0.3 is 9.51 Å². The molecule has 37 heavy (non-hydrogen) atoms. The summed E-state index contributed by atoms with van der Waals surface area (Å²) in [5, 5.41) is 19.5. The van der Waals surface area contributed by atoms with E-state index < -0.39 is 5.60 Å². The average Bonchev–Trinajstić information content (AvgIpc) is 3.56. The third kappa shape index (κ3) is 4.29. The fourth-order valence-electron chi connectivity index (χ4n) is 4.77. The van der Waals surface area contributed by atoms with Crippen LogP contribution < -0.4 is 5.32 Å². The van der Waals surface area contributed by atoms with Crippen LogP contribution in [0.4, 0.5) is 5.95 Å². The first-order chi connectivity index (χ1) is 18.0. The third-order valence-electron chi connectivity index (χ3n) is 6.72. The summed E-state index contributed by atoms with van der Waals surface area (Å²) in [6, 6.07) is 21.1. The maximum absolute atomic E-state index is 13.3. The average molecular weight is 495 g/mol. The van der Waals surface area contributed by atoms with Gasteiger partial charge in [0.1, 0.15) is 17.7 Å². The molecule has 3 aromatic heterocycles. The molecule has 0 bridgehead atoms. The third-order valence-corrected chi connectivity index (χ3v) is 6.72. The summed E-state index contributed by atoms with van der Waals surface area (Å²) in [6.45, 7) is 6.65. The van der Waals surface area contributed by atoms with Crippen molar-refractivity contribution in [1.82, 2.24) is 24.1 Å². The van der Waals surface area contributed by atoms with E-state index in [9.17, 15) is 9.90 Å². The normalized spacial score (nSPS) is 11.7. The quantitative estimate of drug-likeness (QED) is 0.328. The molecule has 3 heterocycles. The first-order valence-corrected chi connectivity index (χ1v) is 12.6. The number of rotatable bonds is 8. The minimum Gasteiger partial charge on any atom is -0.374 e. The Morgan fingerprint density at radius 2 is 1.62 bits per heavy atom. The number of carbonyl (C=O) groups excluding carboxylic acids is 1. The lowest BCUT2D eigenvalue weighted by Crippen LogP contribution is -2.30. The van der Waals surface area contributed by atoms with Gasteiger partial charge in [-0.15, -0.1) is 5.10 Å². The van der Waals surface area contributed by atoms with Crippen molar-refractivity contribution in [3.05, 3.63) is 113 Å². The number of nitrogens with zero attached hydrogens (tertiary/aromatic N) is 5. The van der Waals surface area contributed by atoms with Gasteiger partial charge in [-0.05, 0) is 42.5 Å². The minimum atomic E-state index is -1.47. The van der Waals surface area contributed by atoms with Crippen molar-refractivity contribution in [2.75, 3.05) is 5.32 Å². The SMILES string of the molecule is CCc1cc2nc(C(O)(c3ccccc3)c3ccccc3)c(CC)n2cc1C(=O)Nc1ncn(CC)n1. The number of anilines is 1. The first-order valence-electron chi connectivity index (χ1n) is 12.6. The monoisotopic (exact) mass is 494 g/mol. The molecule has 2 aromatic carbocycles. The number of aliphatic hydroxyl groups is 1. The lowest BCUT2D eigenvalue weighted by molar-refractivity contribution is 0.102. The molecule has 0 aliphatic rings. The van der Waals surface area contributed by atoms with Crippen molar-refractivity contribution in [2.24, 2.45) is 0 Å². The zero-order valence-corrected chi connectivity index (χ0v) is 21.2. The summed E-state index contributed by atoms with van der Waals surface area (Å²) in [7, 11) is 0. The number of pyridine rings is 1. The van der Waals surface area contributed by atoms with E-state index >= 15 is 0 Å². The van der Waals surface area contributed by atoms with Crippen LogP contribution in [0.1, 0.15) is 59.2 Å². The van der Waals surface area contributed by atoms with E-state index in [0.717, 1.165) is 22.4 Å². The van der Waals surface area contributed by atoms with Crippen LogP contribution in [0, 0.1) is 0 Å². The summed E-state index contributed by atoms with van der Waals surface area (Å²) in [4.78, 5) is 22.4. The van der Waals surface area contributed by atoms with Gasteiger partial charge in [0, 0.05) is 18.4 Å². The molecule has 0 saturated carbocycles. The van der Waals surface area contributed by atoms with Gasteiger partial charge in [-0.3, -0.25) is 14.8 Å². The maximum Gasteiger partial charge on any atom is 0.259 e. The number of aromatic nitrogens is 5. The molecule has 5 aromatic rings. The zero-order valence-electron chi connectivity index (χ0n) is 21.2. The Bertz CT molecular complexity index is 1500. The summed E-state index contributed by atoms with van der Waals surface area (Å²) in [6.07, 6.45) is 4.64. The molecule has 0 fully saturated rings. The Morgan fingerprint density at radius 3 is 2.16 bits per heavy atom. The lowest BCUT2D eigenvalue weighted by Gasteiger charge is -2.29. The van der Waals surface area contributed by atoms with Gasteiger partial charge in [0.2, 0.25) is 5.95 Å². The van der Waals surface area contributed by atoms with Crippen LogP contribution in [0.25, 0.3) is 5.65 Å². The second-order valence-corrected chi connectivity index (χ2v) is 8.88. The summed E-state index contributed by atoms with van der Waals surface area (Å²) < 4.78 is 3.57. The number of aryl methyl sites for hydroxylation is 3. The van der Waals surface area contributed by atoms with E-state index in [1.807, 2.05) is 98.1 Å². The smallest absolute Gasteiger partial charge is 0.259 e. The second-order valence-electron chi connectivity index (χ2n) is 8.88. The van der Waals surface area contributed by atoms with Crippen LogP contribution in [0.15, 0.2) is 79.3 Å². The molecule has 5 rings (SSSR count). The number of imidazole rings is 1. The van der Waals surface area contributed by atoms with E-state index in [-0.39, 0.29) is 11.9 Å². The van der Waals surface area contributed by atoms with Gasteiger partial charge in [-0.1, -0.05) is 74.5 Å². The number of amides is 1. The van der Waals surface area contributed by atoms with Crippen LogP contribution in [-0.2, 0) is 25.0 Å². The number of hydrogen-bond acceptors (Lipinski definition) is 5. The van der Waals surface area contributed by atoms with Gasteiger partial charge in [-0.25, -0.2) is 9.97 Å². The van der Waals surface area contributed by atoms with E-state index in [0.29, 0.717) is 36.3 Å². The van der Waals surface area contributed by atoms with Crippen molar-refractivity contribution >= 4 is 17.5 Å². The molecule has 0 saturated heterocycles. The standard InChI is InChI=1S/C29H30N6O2/c1-4-20-17-25-31-26(29(37,21-13-9-7-10-14-21)22-15-11-8-12-16-22)24(5-2)35(25)18-23(20)27(36)32-28-30-19-34(6-3)33-28/h7-19,37H,4-6H2,1-3H3,(H,32,33,36). The molecule has 188 valence electrons. The van der Waals surface area contributed by atoms with Crippen LogP contribution in [0.5, 0.6) is 0 Å². The second kappa shape index (κ2) is 9.99. The highest BCUT2D eigenvalue weighted by atomic mass is 16.3. The molecule has 0 aliphatic carbocycles. The molecule has 0 unspecified atom stereocenters. The van der Waals surface area contributed by atoms with Gasteiger partial charge in [-0.2, -0.15) is 0 Å². The summed E-state index contributed by atoms with van der Waals surface area (Å²) in [5.74, 6) is -0.0233. The highest BCUT2D eigenvalue weighted by molar-refractivity contribution is 6.04. The van der Waals surface area contributed by atoms with Crippen LogP contribution in [0.2, 0.25) is 0 Å². The van der Waals surface area contributed by atoms with E-state index in [2.05, 4.69) is 15.4 Å². The Balaban J connectivity index is 1.68. The predicted molar refractivity (Wildman–Crippen MR) is 143 cm³/mol. The van der Waals surface area contributed by atoms with Crippen LogP contribution in [-0.4, -0.2) is 35.2 Å². The molecule has 0 radical (unpaired) electrons. The molecule has 0 atom stereocenters. The lowest BCUT2D eigenvalue weighted by atomic mass is 9.82. The molecular weight excluding hydrogens is 464 g/mol. The fourth-order valence-corrected chi connectivity index (χ4v) is 4.77. The number of carbonyl (C=O) groups is 1. The summed E-state index contributed by atoms with van der Waals surface area (Å²) >= 11 is 0. The Morgan fingerprint density at radius 1 is 0.973 bits per heavy atom. The Kier molecular flexibility index (Phi) is 6.58. The molecular formula is C29H30N6O2. The molecule has 1 amide bonds.